The van der Waals surface area contributed by atoms with Gasteiger partial charge in [-0.25, -0.2) is 4.98 Å². The summed E-state index contributed by atoms with van der Waals surface area (Å²) in [5.74, 6) is 0. The van der Waals surface area contributed by atoms with Crippen LogP contribution < -0.4 is 0 Å². The highest BCUT2D eigenvalue weighted by atomic mass is 16.3. The Kier molecular flexibility index (Phi) is 6.60. The van der Waals surface area contributed by atoms with Gasteiger partial charge >= 0.3 is 0 Å². The van der Waals surface area contributed by atoms with Crippen LogP contribution in [-0.4, -0.2) is 9.97 Å². The highest BCUT2D eigenvalue weighted by Crippen LogP contribution is 2.42. The SMILES string of the molecule is c1cc(-c2ccc(-c3ccc(-c4cnc5c6ccccc6c6ccccc6c5n4)cc3)cc2)cc(-c2cccc3c2oc2c3ccc3oc4ccccc4c32)c1. The lowest BCUT2D eigenvalue weighted by atomic mass is 9.96. The van der Waals surface area contributed by atoms with Crippen molar-refractivity contribution in [3.63, 3.8) is 0 Å². The van der Waals surface area contributed by atoms with E-state index in [-0.39, 0.29) is 0 Å². The second kappa shape index (κ2) is 12.0. The van der Waals surface area contributed by atoms with E-state index in [1.807, 2.05) is 24.4 Å². The molecule has 0 aliphatic rings. The van der Waals surface area contributed by atoms with Crippen LogP contribution in [0.2, 0.25) is 0 Å². The molecule has 260 valence electrons. The molecule has 0 aliphatic carbocycles. The van der Waals surface area contributed by atoms with Gasteiger partial charge in [0.2, 0.25) is 0 Å². The summed E-state index contributed by atoms with van der Waals surface area (Å²) in [5.41, 5.74) is 14.0. The Morgan fingerprint density at radius 2 is 0.911 bits per heavy atom. The third-order valence-corrected chi connectivity index (χ3v) is 11.3. The van der Waals surface area contributed by atoms with Crippen LogP contribution in [0.1, 0.15) is 0 Å². The molecule has 0 spiro atoms. The molecule has 0 aliphatic heterocycles. The zero-order chi connectivity index (χ0) is 36.7. The number of rotatable bonds is 4. The molecule has 12 rings (SSSR count). The number of nitrogens with zero attached hydrogens (tertiary/aromatic N) is 2. The van der Waals surface area contributed by atoms with Crippen LogP contribution in [0.15, 0.2) is 191 Å². The van der Waals surface area contributed by atoms with Crippen LogP contribution in [0, 0.1) is 0 Å². The molecule has 0 atom stereocenters. The molecule has 4 nitrogen and oxygen atoms in total. The first-order valence-electron chi connectivity index (χ1n) is 18.9. The van der Waals surface area contributed by atoms with Gasteiger partial charge in [0, 0.05) is 38.1 Å². The smallest absolute Gasteiger partial charge is 0.147 e. The molecule has 4 heteroatoms. The van der Waals surface area contributed by atoms with Crippen LogP contribution in [0.4, 0.5) is 0 Å². The summed E-state index contributed by atoms with van der Waals surface area (Å²) in [5, 5.41) is 8.92. The second-order valence-corrected chi connectivity index (χ2v) is 14.5. The molecule has 3 aromatic heterocycles. The number of aromatic nitrogens is 2. The second-order valence-electron chi connectivity index (χ2n) is 14.5. The van der Waals surface area contributed by atoms with Crippen LogP contribution in [0.25, 0.3) is 121 Å². The van der Waals surface area contributed by atoms with E-state index in [1.165, 1.54) is 10.8 Å². The molecule has 0 bridgehead atoms. The zero-order valence-corrected chi connectivity index (χ0v) is 30.0. The highest BCUT2D eigenvalue weighted by molar-refractivity contribution is 6.24. The standard InChI is InChI=1S/C52H30N2O2/c1-3-13-40-38(11-1)39-12-2-4-14-41(39)50-49(40)53-30-45(54-50)34-25-23-32(24-26-34)31-19-21-33(22-20-31)35-9-7-10-36(29-35)37-16-8-17-42-43-27-28-47-48(52(43)56-51(37)42)44-15-5-6-18-46(44)55-47/h1-30H. The van der Waals surface area contributed by atoms with Crippen molar-refractivity contribution in [3.8, 4) is 44.6 Å². The fourth-order valence-corrected chi connectivity index (χ4v) is 8.61. The normalized spacial score (nSPS) is 11.9. The minimum atomic E-state index is 0.836. The maximum atomic E-state index is 6.75. The Morgan fingerprint density at radius 1 is 0.339 bits per heavy atom. The largest absolute Gasteiger partial charge is 0.456 e. The first kappa shape index (κ1) is 30.9. The third-order valence-electron chi connectivity index (χ3n) is 11.3. The van der Waals surface area contributed by atoms with Gasteiger partial charge < -0.3 is 8.83 Å². The van der Waals surface area contributed by atoms with Crippen molar-refractivity contribution < 1.29 is 8.83 Å². The lowest BCUT2D eigenvalue weighted by molar-refractivity contribution is 0.663. The lowest BCUT2D eigenvalue weighted by Crippen LogP contribution is -1.92. The first-order valence-corrected chi connectivity index (χ1v) is 18.9. The number of fused-ring (bicyclic) bond motifs is 13. The predicted molar refractivity (Wildman–Crippen MR) is 231 cm³/mol. The fraction of sp³-hybridized carbons (Fsp3) is 0. The van der Waals surface area contributed by atoms with E-state index in [2.05, 4.69) is 158 Å². The number of para-hydroxylation sites is 2. The summed E-state index contributed by atoms with van der Waals surface area (Å²) in [6, 6.07) is 61.8. The van der Waals surface area contributed by atoms with E-state index in [1.54, 1.807) is 0 Å². The molecule has 0 radical (unpaired) electrons. The Hall–Kier alpha value is -7.56. The van der Waals surface area contributed by atoms with E-state index in [9.17, 15) is 0 Å². The Balaban J connectivity index is 0.863. The topological polar surface area (TPSA) is 52.1 Å². The summed E-state index contributed by atoms with van der Waals surface area (Å²) in [6.45, 7) is 0. The monoisotopic (exact) mass is 714 g/mol. The lowest BCUT2D eigenvalue weighted by Gasteiger charge is -2.11. The van der Waals surface area contributed by atoms with Crippen molar-refractivity contribution in [1.82, 2.24) is 9.97 Å². The van der Waals surface area contributed by atoms with Crippen LogP contribution in [0.3, 0.4) is 0 Å². The van der Waals surface area contributed by atoms with Crippen molar-refractivity contribution in [1.29, 1.82) is 0 Å². The van der Waals surface area contributed by atoms with Gasteiger partial charge in [-0.05, 0) is 62.9 Å². The van der Waals surface area contributed by atoms with Gasteiger partial charge in [-0.3, -0.25) is 4.98 Å². The third kappa shape index (κ3) is 4.66. The van der Waals surface area contributed by atoms with Gasteiger partial charge in [0.1, 0.15) is 22.3 Å². The quantitative estimate of drug-likeness (QED) is 0.170. The van der Waals surface area contributed by atoms with E-state index in [4.69, 9.17) is 18.8 Å². The van der Waals surface area contributed by atoms with E-state index < -0.39 is 0 Å². The van der Waals surface area contributed by atoms with E-state index in [0.717, 1.165) is 110 Å². The molecule has 0 amide bonds. The fourth-order valence-electron chi connectivity index (χ4n) is 8.61. The molecule has 56 heavy (non-hydrogen) atoms. The number of hydrogen-bond acceptors (Lipinski definition) is 4. The molecule has 0 saturated carbocycles. The predicted octanol–water partition coefficient (Wildman–Crippen LogP) is 14.4. The van der Waals surface area contributed by atoms with Gasteiger partial charge in [-0.15, -0.1) is 0 Å². The van der Waals surface area contributed by atoms with E-state index >= 15 is 0 Å². The summed E-state index contributed by atoms with van der Waals surface area (Å²) in [4.78, 5) is 10.1. The van der Waals surface area contributed by atoms with Gasteiger partial charge in [-0.2, -0.15) is 0 Å². The van der Waals surface area contributed by atoms with Crippen molar-refractivity contribution in [3.05, 3.63) is 182 Å². The number of furan rings is 2. The Morgan fingerprint density at radius 3 is 1.66 bits per heavy atom. The molecule has 0 N–H and O–H groups in total. The summed E-state index contributed by atoms with van der Waals surface area (Å²) < 4.78 is 12.9. The summed E-state index contributed by atoms with van der Waals surface area (Å²) in [7, 11) is 0. The number of hydrogen-bond donors (Lipinski definition) is 0. The molecular formula is C52H30N2O2. The summed E-state index contributed by atoms with van der Waals surface area (Å²) in [6.07, 6.45) is 1.90. The molecular weight excluding hydrogens is 685 g/mol. The van der Waals surface area contributed by atoms with Crippen molar-refractivity contribution in [2.45, 2.75) is 0 Å². The Labute approximate surface area is 320 Å². The van der Waals surface area contributed by atoms with Crippen LogP contribution in [-0.2, 0) is 0 Å². The molecule has 0 saturated heterocycles. The van der Waals surface area contributed by atoms with E-state index in [0.29, 0.717) is 0 Å². The van der Waals surface area contributed by atoms with Gasteiger partial charge in [0.05, 0.1) is 28.3 Å². The van der Waals surface area contributed by atoms with Crippen molar-refractivity contribution in [2.24, 2.45) is 0 Å². The molecule has 0 unspecified atom stereocenters. The van der Waals surface area contributed by atoms with Crippen molar-refractivity contribution >= 4 is 76.5 Å². The highest BCUT2D eigenvalue weighted by Gasteiger charge is 2.18. The molecule has 12 aromatic rings. The average Bonchev–Trinajstić information content (AvgIpc) is 3.85. The number of benzene rings is 9. The maximum absolute atomic E-state index is 6.75. The van der Waals surface area contributed by atoms with Gasteiger partial charge in [-0.1, -0.05) is 152 Å². The molecule has 9 aromatic carbocycles. The van der Waals surface area contributed by atoms with Crippen LogP contribution in [0.5, 0.6) is 0 Å². The van der Waals surface area contributed by atoms with Gasteiger partial charge in [0.15, 0.2) is 0 Å². The van der Waals surface area contributed by atoms with Crippen LogP contribution >= 0.6 is 0 Å². The first-order chi connectivity index (χ1) is 27.7. The van der Waals surface area contributed by atoms with Gasteiger partial charge in [0.25, 0.3) is 0 Å². The molecule has 3 heterocycles. The maximum Gasteiger partial charge on any atom is 0.147 e. The van der Waals surface area contributed by atoms with Crippen molar-refractivity contribution in [2.75, 3.05) is 0 Å². The molecule has 0 fully saturated rings. The average molecular weight is 715 g/mol. The summed E-state index contributed by atoms with van der Waals surface area (Å²) >= 11 is 0. The Bertz CT molecular complexity index is 3490. The minimum absolute atomic E-state index is 0.836. The zero-order valence-electron chi connectivity index (χ0n) is 30.0. The minimum Gasteiger partial charge on any atom is -0.456 e.